The van der Waals surface area contributed by atoms with Crippen LogP contribution in [0.3, 0.4) is 0 Å². The Morgan fingerprint density at radius 1 is 0.815 bits per heavy atom. The van der Waals surface area contributed by atoms with Crippen LogP contribution in [0.2, 0.25) is 0 Å². The van der Waals surface area contributed by atoms with Crippen LogP contribution in [0.5, 0.6) is 0 Å². The number of hydrogen-bond acceptors (Lipinski definition) is 3. The average Bonchev–Trinajstić information content (AvgIpc) is 2.60. The molecule has 2 aromatic rings. The van der Waals surface area contributed by atoms with Crippen molar-refractivity contribution in [2.75, 3.05) is 0 Å². The summed E-state index contributed by atoms with van der Waals surface area (Å²) in [7, 11) is -6.19. The Labute approximate surface area is 163 Å². The van der Waals surface area contributed by atoms with E-state index in [1.54, 1.807) is 0 Å². The van der Waals surface area contributed by atoms with E-state index >= 15 is 2.86 Å². The van der Waals surface area contributed by atoms with Crippen LogP contribution in [0.25, 0.3) is 0 Å². The minimum atomic E-state index is -6.28. The Morgan fingerprint density at radius 3 is 1.33 bits per heavy atom. The Bertz CT molecular complexity index is 841. The molecule has 0 radical (unpaired) electrons. The van der Waals surface area contributed by atoms with E-state index in [1.807, 2.05) is 27.7 Å². The van der Waals surface area contributed by atoms with Crippen molar-refractivity contribution in [3.63, 3.8) is 0 Å². The molecule has 8 heteroatoms. The van der Waals surface area contributed by atoms with Gasteiger partial charge in [-0.05, 0) is 0 Å². The molecule has 0 saturated heterocycles. The molecule has 0 aliphatic carbocycles. The van der Waals surface area contributed by atoms with Gasteiger partial charge in [-0.3, -0.25) is 0 Å². The van der Waals surface area contributed by atoms with Crippen LogP contribution in [0.1, 0.15) is 50.7 Å². The summed E-state index contributed by atoms with van der Waals surface area (Å²) in [5.41, 5.74) is 1.59. The topological polar surface area (TPSA) is 57.2 Å². The number of hydrogen-bond donors (Lipinski definition) is 0. The molecule has 0 amide bonds. The fraction of sp³-hybridized carbons (Fsp3) is 0.368. The van der Waals surface area contributed by atoms with E-state index in [1.165, 1.54) is 48.5 Å². The van der Waals surface area contributed by atoms with Crippen molar-refractivity contribution in [2.45, 2.75) is 42.8 Å². The summed E-state index contributed by atoms with van der Waals surface area (Å²) in [6.45, 7) is 7.56. The molecular formula is C19H22F3IO3S-2. The van der Waals surface area contributed by atoms with Crippen molar-refractivity contribution in [1.82, 2.24) is 0 Å². The predicted molar refractivity (Wildman–Crippen MR) is 94.2 cm³/mol. The molecule has 0 bridgehead atoms. The summed E-state index contributed by atoms with van der Waals surface area (Å²) < 4.78 is 73.5. The predicted octanol–water partition coefficient (Wildman–Crippen LogP) is 2.11. The van der Waals surface area contributed by atoms with Gasteiger partial charge in [0.2, 0.25) is 0 Å². The van der Waals surface area contributed by atoms with E-state index in [0.717, 1.165) is 11.1 Å². The molecule has 0 fully saturated rings. The fourth-order valence-corrected chi connectivity index (χ4v) is 11.1. The van der Waals surface area contributed by atoms with Gasteiger partial charge in [0, 0.05) is 0 Å². The van der Waals surface area contributed by atoms with Crippen molar-refractivity contribution in [2.24, 2.45) is 0 Å². The van der Waals surface area contributed by atoms with Crippen LogP contribution in [-0.4, -0.2) is 16.2 Å². The van der Waals surface area contributed by atoms with Gasteiger partial charge in [0.1, 0.15) is 0 Å². The Kier molecular flexibility index (Phi) is 6.33. The zero-order valence-electron chi connectivity index (χ0n) is 15.4. The van der Waals surface area contributed by atoms with Crippen molar-refractivity contribution in [3.8, 4) is 0 Å². The SMILES string of the molecule is CC(C)c1ccc([I-](F)(c2ccc(C(C)C)cc2)C(F)(F)S(=O)(=O)[O-])cc1. The van der Waals surface area contributed by atoms with Gasteiger partial charge in [-0.1, -0.05) is 0 Å². The van der Waals surface area contributed by atoms with Gasteiger partial charge < -0.3 is 0 Å². The van der Waals surface area contributed by atoms with Gasteiger partial charge in [0.05, 0.1) is 0 Å². The summed E-state index contributed by atoms with van der Waals surface area (Å²) >= 11 is -6.28. The monoisotopic (exact) mass is 514 g/mol. The van der Waals surface area contributed by atoms with E-state index < -0.39 is 39.5 Å². The van der Waals surface area contributed by atoms with Crippen molar-refractivity contribution < 1.29 is 43.6 Å². The van der Waals surface area contributed by atoms with Gasteiger partial charge in [-0.15, -0.1) is 0 Å². The van der Waals surface area contributed by atoms with E-state index in [-0.39, 0.29) is 11.8 Å². The maximum atomic E-state index is 16.0. The molecule has 0 unspecified atom stereocenters. The standard InChI is InChI=1S/C19H23F3IO3S/c1-13(2)15-5-9-17(10-6-15)23(22,19(20,21)27(24,25)26)18-11-7-16(8-12-18)14(3)4/h5-14H,1-4H3,(H,24,25,26)/q-1/p-1. The zero-order chi connectivity index (χ0) is 20.6. The number of rotatable bonds is 6. The van der Waals surface area contributed by atoms with Gasteiger partial charge in [0.15, 0.2) is 0 Å². The third-order valence-electron chi connectivity index (χ3n) is 4.26. The van der Waals surface area contributed by atoms with Crippen LogP contribution < -0.4 is 19.0 Å². The van der Waals surface area contributed by atoms with Crippen LogP contribution in [-0.2, 0) is 10.1 Å². The minimum absolute atomic E-state index is 0.0914. The summed E-state index contributed by atoms with van der Waals surface area (Å²) in [5.74, 6) is 0.183. The second-order valence-corrected chi connectivity index (χ2v) is 15.7. The van der Waals surface area contributed by atoms with E-state index in [4.69, 9.17) is 0 Å². The molecule has 0 N–H and O–H groups in total. The second kappa shape index (κ2) is 7.71. The summed E-state index contributed by atoms with van der Waals surface area (Å²) in [6.07, 6.45) is 0. The molecule has 27 heavy (non-hydrogen) atoms. The summed E-state index contributed by atoms with van der Waals surface area (Å²) in [4.78, 5) is 0. The average molecular weight is 514 g/mol. The molecule has 0 aliphatic heterocycles. The number of alkyl halides is 3. The van der Waals surface area contributed by atoms with Crippen molar-refractivity contribution >= 4 is 10.1 Å². The Morgan fingerprint density at radius 2 is 1.11 bits per heavy atom. The van der Waals surface area contributed by atoms with Crippen LogP contribution >= 0.6 is 0 Å². The molecule has 0 atom stereocenters. The van der Waals surface area contributed by atoms with Gasteiger partial charge in [-0.2, -0.15) is 0 Å². The Hall–Kier alpha value is -1.13. The summed E-state index contributed by atoms with van der Waals surface area (Å²) in [5, 5.41) is 0. The molecule has 0 aliphatic rings. The zero-order valence-corrected chi connectivity index (χ0v) is 18.4. The van der Waals surface area contributed by atoms with Crippen molar-refractivity contribution in [1.29, 1.82) is 0 Å². The molecule has 2 aromatic carbocycles. The number of halogens is 4. The van der Waals surface area contributed by atoms with E-state index in [9.17, 15) is 21.8 Å². The molecule has 0 heterocycles. The van der Waals surface area contributed by atoms with Crippen molar-refractivity contribution in [3.05, 3.63) is 66.8 Å². The molecule has 0 spiro atoms. The first-order valence-electron chi connectivity index (χ1n) is 8.32. The first kappa shape index (κ1) is 22.2. The maximum absolute atomic E-state index is 16.0. The fourth-order valence-electron chi connectivity index (χ4n) is 2.55. The first-order valence-corrected chi connectivity index (χ1v) is 13.8. The first-order chi connectivity index (χ1) is 12.3. The number of benzene rings is 2. The molecule has 152 valence electrons. The quantitative estimate of drug-likeness (QED) is 0.337. The molecule has 0 saturated carbocycles. The Balaban J connectivity index is 2.72. The van der Waals surface area contributed by atoms with E-state index in [2.05, 4.69) is 0 Å². The molecule has 2 rings (SSSR count). The van der Waals surface area contributed by atoms with Gasteiger partial charge in [-0.25, -0.2) is 0 Å². The normalized spacial score (nSPS) is 14.0. The van der Waals surface area contributed by atoms with Gasteiger partial charge >= 0.3 is 163 Å². The summed E-state index contributed by atoms with van der Waals surface area (Å²) in [6, 6.07) is 10.7. The molecule has 0 aromatic heterocycles. The van der Waals surface area contributed by atoms with Crippen LogP contribution in [0, 0.1) is 7.14 Å². The third kappa shape index (κ3) is 4.02. The third-order valence-corrected chi connectivity index (χ3v) is 14.5. The second-order valence-electron chi connectivity index (χ2n) is 6.81. The van der Waals surface area contributed by atoms with Gasteiger partial charge in [0.25, 0.3) is 0 Å². The van der Waals surface area contributed by atoms with Crippen LogP contribution in [0.15, 0.2) is 48.5 Å². The van der Waals surface area contributed by atoms with Crippen LogP contribution in [0.4, 0.5) is 11.6 Å². The van der Waals surface area contributed by atoms with E-state index in [0.29, 0.717) is 0 Å². The molecule has 3 nitrogen and oxygen atoms in total. The molecular weight excluding hydrogens is 492 g/mol.